The van der Waals surface area contributed by atoms with Gasteiger partial charge in [0.25, 0.3) is 0 Å². The zero-order chi connectivity index (χ0) is 13.4. The van der Waals surface area contributed by atoms with Gasteiger partial charge in [-0.2, -0.15) is 5.10 Å². The predicted octanol–water partition coefficient (Wildman–Crippen LogP) is 3.49. The summed E-state index contributed by atoms with van der Waals surface area (Å²) in [5, 5.41) is 4.16. The first-order chi connectivity index (χ1) is 8.71. The van der Waals surface area contributed by atoms with Crippen molar-refractivity contribution in [3.05, 3.63) is 41.6 Å². The second kappa shape index (κ2) is 7.54. The summed E-state index contributed by atoms with van der Waals surface area (Å²) in [7, 11) is 1.69. The Morgan fingerprint density at radius 3 is 2.83 bits per heavy atom. The highest BCUT2D eigenvalue weighted by Gasteiger charge is 2.01. The van der Waals surface area contributed by atoms with Gasteiger partial charge in [-0.25, -0.2) is 0 Å². The highest BCUT2D eigenvalue weighted by molar-refractivity contribution is 5.80. The summed E-state index contributed by atoms with van der Waals surface area (Å²) < 4.78 is 5.34. The van der Waals surface area contributed by atoms with Crippen LogP contribution < -0.4 is 10.2 Å². The lowest BCUT2D eigenvalue weighted by molar-refractivity contribution is 0.410. The number of nitrogens with one attached hydrogen (secondary N) is 1. The lowest BCUT2D eigenvalue weighted by Gasteiger charge is -2.07. The van der Waals surface area contributed by atoms with Gasteiger partial charge < -0.3 is 4.74 Å². The Hall–Kier alpha value is -1.77. The number of rotatable bonds is 7. The fourth-order valence-electron chi connectivity index (χ4n) is 1.69. The van der Waals surface area contributed by atoms with E-state index in [0.29, 0.717) is 0 Å². The third kappa shape index (κ3) is 4.24. The van der Waals surface area contributed by atoms with E-state index in [0.717, 1.165) is 36.3 Å². The van der Waals surface area contributed by atoms with Gasteiger partial charge in [-0.3, -0.25) is 5.43 Å². The number of allylic oxidation sites excluding steroid dienone is 1. The Morgan fingerprint density at radius 1 is 1.44 bits per heavy atom. The van der Waals surface area contributed by atoms with Crippen molar-refractivity contribution in [2.45, 2.75) is 33.1 Å². The highest BCUT2D eigenvalue weighted by atomic mass is 16.5. The Kier molecular flexibility index (Phi) is 5.98. The van der Waals surface area contributed by atoms with Crippen LogP contribution in [0.3, 0.4) is 0 Å². The molecule has 0 amide bonds. The van der Waals surface area contributed by atoms with Crippen LogP contribution >= 0.6 is 0 Å². The van der Waals surface area contributed by atoms with Crippen LogP contribution in [0.15, 0.2) is 35.6 Å². The van der Waals surface area contributed by atoms with E-state index in [2.05, 4.69) is 37.0 Å². The first kappa shape index (κ1) is 14.3. The molecule has 0 saturated carbocycles. The van der Waals surface area contributed by atoms with Crippen LogP contribution in [-0.2, 0) is 6.42 Å². The quantitative estimate of drug-likeness (QED) is 0.590. The van der Waals surface area contributed by atoms with Crippen molar-refractivity contribution in [1.82, 2.24) is 5.43 Å². The number of hydrazone groups is 1. The van der Waals surface area contributed by atoms with Crippen molar-refractivity contribution >= 4 is 6.21 Å². The molecule has 18 heavy (non-hydrogen) atoms. The predicted molar refractivity (Wildman–Crippen MR) is 77.1 cm³/mol. The Labute approximate surface area is 110 Å². The van der Waals surface area contributed by atoms with E-state index < -0.39 is 0 Å². The van der Waals surface area contributed by atoms with Crippen molar-refractivity contribution in [3.8, 4) is 5.75 Å². The second-order valence-electron chi connectivity index (χ2n) is 4.15. The summed E-state index contributed by atoms with van der Waals surface area (Å²) in [6.45, 7) is 8.12. The maximum atomic E-state index is 5.34. The van der Waals surface area contributed by atoms with Crippen molar-refractivity contribution < 1.29 is 4.74 Å². The van der Waals surface area contributed by atoms with Crippen LogP contribution in [0, 0.1) is 0 Å². The smallest absolute Gasteiger partial charge is 0.122 e. The second-order valence-corrected chi connectivity index (χ2v) is 4.15. The van der Waals surface area contributed by atoms with Gasteiger partial charge in [0.15, 0.2) is 0 Å². The number of ether oxygens (including phenoxy) is 1. The summed E-state index contributed by atoms with van der Waals surface area (Å²) in [6.07, 6.45) is 4.75. The minimum absolute atomic E-state index is 0.911. The molecule has 1 aromatic carbocycles. The first-order valence-corrected chi connectivity index (χ1v) is 6.35. The molecule has 0 saturated heterocycles. The molecule has 0 aliphatic rings. The fourth-order valence-corrected chi connectivity index (χ4v) is 1.69. The average Bonchev–Trinajstić information content (AvgIpc) is 2.38. The zero-order valence-corrected chi connectivity index (χ0v) is 11.5. The van der Waals surface area contributed by atoms with E-state index in [-0.39, 0.29) is 0 Å². The molecule has 0 radical (unpaired) electrons. The zero-order valence-electron chi connectivity index (χ0n) is 11.5. The van der Waals surface area contributed by atoms with E-state index in [9.17, 15) is 0 Å². The molecule has 3 nitrogen and oxygen atoms in total. The van der Waals surface area contributed by atoms with Crippen LogP contribution in [0.2, 0.25) is 0 Å². The van der Waals surface area contributed by atoms with Crippen LogP contribution in [0.4, 0.5) is 0 Å². The van der Waals surface area contributed by atoms with Gasteiger partial charge in [0.1, 0.15) is 5.75 Å². The summed E-state index contributed by atoms with van der Waals surface area (Å²) in [4.78, 5) is 0. The van der Waals surface area contributed by atoms with Gasteiger partial charge in [-0.05, 0) is 30.0 Å². The van der Waals surface area contributed by atoms with Crippen molar-refractivity contribution in [3.63, 3.8) is 0 Å². The molecule has 1 rings (SSSR count). The fraction of sp³-hybridized carbons (Fsp3) is 0.400. The van der Waals surface area contributed by atoms with Crippen LogP contribution in [0.25, 0.3) is 0 Å². The third-order valence-corrected chi connectivity index (χ3v) is 2.68. The van der Waals surface area contributed by atoms with E-state index in [1.165, 1.54) is 5.56 Å². The van der Waals surface area contributed by atoms with Crippen LogP contribution in [0.1, 0.15) is 37.8 Å². The molecule has 0 bridgehead atoms. The maximum Gasteiger partial charge on any atom is 0.122 e. The largest absolute Gasteiger partial charge is 0.496 e. The minimum Gasteiger partial charge on any atom is -0.496 e. The topological polar surface area (TPSA) is 33.6 Å². The van der Waals surface area contributed by atoms with Gasteiger partial charge in [0.2, 0.25) is 0 Å². The Balaban J connectivity index is 2.67. The van der Waals surface area contributed by atoms with Gasteiger partial charge >= 0.3 is 0 Å². The van der Waals surface area contributed by atoms with Crippen molar-refractivity contribution in [1.29, 1.82) is 0 Å². The summed E-state index contributed by atoms with van der Waals surface area (Å²) >= 11 is 0. The van der Waals surface area contributed by atoms with Crippen molar-refractivity contribution in [2.24, 2.45) is 5.10 Å². The number of methoxy groups -OCH3 is 1. The number of aryl methyl sites for hydroxylation is 1. The molecule has 0 aliphatic carbocycles. The maximum absolute atomic E-state index is 5.34. The van der Waals surface area contributed by atoms with E-state index in [4.69, 9.17) is 4.74 Å². The molecular formula is C15H22N2O. The van der Waals surface area contributed by atoms with Crippen molar-refractivity contribution in [2.75, 3.05) is 7.11 Å². The SMILES string of the molecule is C=C(CCC)N/N=C/c1ccc(CC)c(OC)c1. The average molecular weight is 246 g/mol. The van der Waals surface area contributed by atoms with E-state index in [1.807, 2.05) is 12.1 Å². The number of hydrogen-bond acceptors (Lipinski definition) is 3. The molecule has 98 valence electrons. The Morgan fingerprint density at radius 2 is 2.22 bits per heavy atom. The van der Waals surface area contributed by atoms with Gasteiger partial charge in [0, 0.05) is 5.70 Å². The van der Waals surface area contributed by atoms with E-state index in [1.54, 1.807) is 13.3 Å². The molecule has 1 aromatic rings. The van der Waals surface area contributed by atoms with Crippen LogP contribution in [-0.4, -0.2) is 13.3 Å². The number of nitrogens with zero attached hydrogens (tertiary/aromatic N) is 1. The molecule has 0 aromatic heterocycles. The van der Waals surface area contributed by atoms with Gasteiger partial charge in [-0.15, -0.1) is 0 Å². The Bertz CT molecular complexity index is 425. The number of benzene rings is 1. The lowest BCUT2D eigenvalue weighted by Crippen LogP contribution is -2.04. The summed E-state index contributed by atoms with van der Waals surface area (Å²) in [5.74, 6) is 0.911. The normalized spacial score (nSPS) is 10.6. The molecule has 0 unspecified atom stereocenters. The first-order valence-electron chi connectivity index (χ1n) is 6.35. The minimum atomic E-state index is 0.911. The monoisotopic (exact) mass is 246 g/mol. The highest BCUT2D eigenvalue weighted by Crippen LogP contribution is 2.19. The molecule has 0 heterocycles. The number of hydrogen-bond donors (Lipinski definition) is 1. The standard InChI is InChI=1S/C15H22N2O/c1-5-7-12(3)17-16-11-13-8-9-14(6-2)15(10-13)18-4/h8-11,17H,3,5-7H2,1-2,4H3/b16-11+. The summed E-state index contributed by atoms with van der Waals surface area (Å²) in [6, 6.07) is 6.10. The third-order valence-electron chi connectivity index (χ3n) is 2.68. The molecule has 0 aliphatic heterocycles. The van der Waals surface area contributed by atoms with E-state index >= 15 is 0 Å². The summed E-state index contributed by atoms with van der Waals surface area (Å²) in [5.41, 5.74) is 6.09. The molecule has 3 heteroatoms. The molecule has 0 spiro atoms. The van der Waals surface area contributed by atoms with Crippen LogP contribution in [0.5, 0.6) is 5.75 Å². The molecule has 0 fully saturated rings. The lowest BCUT2D eigenvalue weighted by atomic mass is 10.1. The van der Waals surface area contributed by atoms with Gasteiger partial charge in [0.05, 0.1) is 13.3 Å². The molecule has 0 atom stereocenters. The molecule has 1 N–H and O–H groups in total. The molecular weight excluding hydrogens is 224 g/mol. The van der Waals surface area contributed by atoms with Gasteiger partial charge in [-0.1, -0.05) is 39.0 Å².